The molecular formula is C18H18N2S. The Labute approximate surface area is 129 Å². The molecule has 4 rings (SSSR count). The zero-order valence-corrected chi connectivity index (χ0v) is 12.6. The fourth-order valence-corrected chi connectivity index (χ4v) is 4.19. The molecule has 0 radical (unpaired) electrons. The molecule has 3 aromatic rings. The lowest BCUT2D eigenvalue weighted by molar-refractivity contribution is 0.511. The van der Waals surface area contributed by atoms with Crippen molar-refractivity contribution in [3.05, 3.63) is 65.9 Å². The highest BCUT2D eigenvalue weighted by molar-refractivity contribution is 7.99. The zero-order chi connectivity index (χ0) is 14.1. The van der Waals surface area contributed by atoms with Gasteiger partial charge in [-0.15, -0.1) is 11.8 Å². The summed E-state index contributed by atoms with van der Waals surface area (Å²) < 4.78 is 0. The van der Waals surface area contributed by atoms with Crippen LogP contribution < -0.4 is 5.32 Å². The van der Waals surface area contributed by atoms with Gasteiger partial charge in [-0.25, -0.2) is 0 Å². The van der Waals surface area contributed by atoms with Crippen molar-refractivity contribution in [3.63, 3.8) is 0 Å². The Morgan fingerprint density at radius 3 is 2.95 bits per heavy atom. The van der Waals surface area contributed by atoms with E-state index in [2.05, 4.69) is 65.0 Å². The maximum Gasteiger partial charge on any atom is 0.0457 e. The molecule has 1 aliphatic rings. The summed E-state index contributed by atoms with van der Waals surface area (Å²) in [6.45, 7) is 0.910. The lowest BCUT2D eigenvalue weighted by Gasteiger charge is -2.26. The van der Waals surface area contributed by atoms with Crippen LogP contribution in [0.25, 0.3) is 10.9 Å². The maximum atomic E-state index is 3.74. The summed E-state index contributed by atoms with van der Waals surface area (Å²) in [5, 5.41) is 5.06. The highest BCUT2D eigenvalue weighted by atomic mass is 32.2. The van der Waals surface area contributed by atoms with Gasteiger partial charge in [0.05, 0.1) is 0 Å². The standard InChI is InChI=1S/C18H18N2S/c1-3-7-16-14(5-1)13(11-19-16)12-20-17-9-10-21-18-8-4-2-6-15(17)18/h1-8,11,17,19-20H,9-10,12H2. The van der Waals surface area contributed by atoms with Crippen LogP contribution in [0.15, 0.2) is 59.6 Å². The number of aromatic nitrogens is 1. The fraction of sp³-hybridized carbons (Fsp3) is 0.222. The number of benzene rings is 2. The van der Waals surface area contributed by atoms with E-state index < -0.39 is 0 Å². The lowest BCUT2D eigenvalue weighted by Crippen LogP contribution is -2.24. The molecule has 2 aromatic carbocycles. The van der Waals surface area contributed by atoms with E-state index in [1.165, 1.54) is 39.1 Å². The summed E-state index contributed by atoms with van der Waals surface area (Å²) in [7, 11) is 0. The quantitative estimate of drug-likeness (QED) is 0.744. The predicted molar refractivity (Wildman–Crippen MR) is 89.7 cm³/mol. The number of para-hydroxylation sites is 1. The van der Waals surface area contributed by atoms with E-state index >= 15 is 0 Å². The van der Waals surface area contributed by atoms with E-state index in [0.717, 1.165) is 6.54 Å². The predicted octanol–water partition coefficient (Wildman–Crippen LogP) is 4.49. The van der Waals surface area contributed by atoms with Gasteiger partial charge in [-0.3, -0.25) is 0 Å². The average molecular weight is 294 g/mol. The number of hydrogen-bond donors (Lipinski definition) is 2. The number of aromatic amines is 1. The van der Waals surface area contributed by atoms with Gasteiger partial charge in [-0.2, -0.15) is 0 Å². The fourth-order valence-electron chi connectivity index (χ4n) is 3.07. The number of H-pyrrole nitrogens is 1. The van der Waals surface area contributed by atoms with E-state index in [0.29, 0.717) is 6.04 Å². The zero-order valence-electron chi connectivity index (χ0n) is 11.8. The van der Waals surface area contributed by atoms with Gasteiger partial charge in [0.15, 0.2) is 0 Å². The average Bonchev–Trinajstić information content (AvgIpc) is 2.96. The van der Waals surface area contributed by atoms with Gasteiger partial charge >= 0.3 is 0 Å². The molecule has 0 bridgehead atoms. The molecule has 2 heterocycles. The Morgan fingerprint density at radius 2 is 1.95 bits per heavy atom. The third-order valence-electron chi connectivity index (χ3n) is 4.17. The number of fused-ring (bicyclic) bond motifs is 2. The molecule has 0 amide bonds. The summed E-state index contributed by atoms with van der Waals surface area (Å²) in [5.41, 5.74) is 4.02. The van der Waals surface area contributed by atoms with E-state index in [1.807, 2.05) is 11.8 Å². The summed E-state index contributed by atoms with van der Waals surface area (Å²) in [6, 6.07) is 17.7. The van der Waals surface area contributed by atoms with Gasteiger partial charge < -0.3 is 10.3 Å². The molecule has 0 fully saturated rings. The minimum Gasteiger partial charge on any atom is -0.361 e. The van der Waals surface area contributed by atoms with Crippen LogP contribution in [-0.4, -0.2) is 10.7 Å². The first-order valence-electron chi connectivity index (χ1n) is 7.42. The van der Waals surface area contributed by atoms with Crippen LogP contribution in [0.3, 0.4) is 0 Å². The molecule has 0 spiro atoms. The van der Waals surface area contributed by atoms with Crippen molar-refractivity contribution >= 4 is 22.7 Å². The minimum atomic E-state index is 0.469. The maximum absolute atomic E-state index is 3.74. The van der Waals surface area contributed by atoms with Gasteiger partial charge in [0.25, 0.3) is 0 Å². The first kappa shape index (κ1) is 13.0. The lowest BCUT2D eigenvalue weighted by atomic mass is 10.0. The Balaban J connectivity index is 1.55. The molecule has 0 saturated carbocycles. The van der Waals surface area contributed by atoms with Crippen molar-refractivity contribution in [1.29, 1.82) is 0 Å². The summed E-state index contributed by atoms with van der Waals surface area (Å²) in [4.78, 5) is 4.78. The van der Waals surface area contributed by atoms with Gasteiger partial charge in [0, 0.05) is 34.6 Å². The first-order chi connectivity index (χ1) is 10.4. The minimum absolute atomic E-state index is 0.469. The first-order valence-corrected chi connectivity index (χ1v) is 8.40. The molecule has 1 atom stereocenters. The molecule has 21 heavy (non-hydrogen) atoms. The second-order valence-electron chi connectivity index (χ2n) is 5.47. The van der Waals surface area contributed by atoms with Crippen LogP contribution in [0, 0.1) is 0 Å². The molecule has 0 aliphatic carbocycles. The van der Waals surface area contributed by atoms with Crippen LogP contribution in [0.2, 0.25) is 0 Å². The molecule has 3 heteroatoms. The Morgan fingerprint density at radius 1 is 1.10 bits per heavy atom. The van der Waals surface area contributed by atoms with E-state index in [-0.39, 0.29) is 0 Å². The van der Waals surface area contributed by atoms with E-state index in [1.54, 1.807) is 0 Å². The topological polar surface area (TPSA) is 27.8 Å². The SMILES string of the molecule is c1ccc2c(c1)SCCC2NCc1c[nH]c2ccccc12. The van der Waals surface area contributed by atoms with Crippen molar-refractivity contribution in [3.8, 4) is 0 Å². The molecular weight excluding hydrogens is 276 g/mol. The molecule has 1 aliphatic heterocycles. The number of hydrogen-bond acceptors (Lipinski definition) is 2. The highest BCUT2D eigenvalue weighted by Gasteiger charge is 2.19. The van der Waals surface area contributed by atoms with Crippen LogP contribution in [-0.2, 0) is 6.54 Å². The summed E-state index contributed by atoms with van der Waals surface area (Å²) in [6.07, 6.45) is 3.32. The largest absolute Gasteiger partial charge is 0.361 e. The Hall–Kier alpha value is -1.71. The van der Waals surface area contributed by atoms with Crippen molar-refractivity contribution in [1.82, 2.24) is 10.3 Å². The Kier molecular flexibility index (Phi) is 3.45. The van der Waals surface area contributed by atoms with Crippen LogP contribution in [0.1, 0.15) is 23.6 Å². The van der Waals surface area contributed by atoms with Gasteiger partial charge in [0.1, 0.15) is 0 Å². The third-order valence-corrected chi connectivity index (χ3v) is 5.29. The normalized spacial score (nSPS) is 17.8. The molecule has 2 nitrogen and oxygen atoms in total. The van der Waals surface area contributed by atoms with Gasteiger partial charge in [-0.1, -0.05) is 36.4 Å². The molecule has 106 valence electrons. The second-order valence-corrected chi connectivity index (χ2v) is 6.60. The van der Waals surface area contributed by atoms with E-state index in [9.17, 15) is 0 Å². The van der Waals surface area contributed by atoms with Crippen LogP contribution in [0.4, 0.5) is 0 Å². The van der Waals surface area contributed by atoms with Gasteiger partial charge in [-0.05, 0) is 35.4 Å². The monoisotopic (exact) mass is 294 g/mol. The second kappa shape index (κ2) is 5.58. The van der Waals surface area contributed by atoms with Crippen molar-refractivity contribution < 1.29 is 0 Å². The molecule has 1 aromatic heterocycles. The number of rotatable bonds is 3. The molecule has 0 saturated heterocycles. The number of nitrogens with one attached hydrogen (secondary N) is 2. The molecule has 1 unspecified atom stereocenters. The van der Waals surface area contributed by atoms with E-state index in [4.69, 9.17) is 0 Å². The number of thioether (sulfide) groups is 1. The highest BCUT2D eigenvalue weighted by Crippen LogP contribution is 2.36. The molecule has 2 N–H and O–H groups in total. The summed E-state index contributed by atoms with van der Waals surface area (Å²) >= 11 is 1.97. The third kappa shape index (κ3) is 2.47. The van der Waals surface area contributed by atoms with Crippen LogP contribution >= 0.6 is 11.8 Å². The van der Waals surface area contributed by atoms with Crippen molar-refractivity contribution in [2.24, 2.45) is 0 Å². The van der Waals surface area contributed by atoms with Crippen LogP contribution in [0.5, 0.6) is 0 Å². The Bertz CT molecular complexity index is 763. The van der Waals surface area contributed by atoms with Crippen molar-refractivity contribution in [2.45, 2.75) is 23.9 Å². The summed E-state index contributed by atoms with van der Waals surface area (Å²) in [5.74, 6) is 1.20. The van der Waals surface area contributed by atoms with Crippen molar-refractivity contribution in [2.75, 3.05) is 5.75 Å². The van der Waals surface area contributed by atoms with Gasteiger partial charge in [0.2, 0.25) is 0 Å². The smallest absolute Gasteiger partial charge is 0.0457 e.